The Labute approximate surface area is 178 Å². The van der Waals surface area contributed by atoms with E-state index in [-0.39, 0.29) is 5.75 Å². The van der Waals surface area contributed by atoms with Crippen molar-refractivity contribution in [1.82, 2.24) is 5.32 Å². The Hall–Kier alpha value is -3.55. The summed E-state index contributed by atoms with van der Waals surface area (Å²) < 4.78 is 5.76. The summed E-state index contributed by atoms with van der Waals surface area (Å²) in [6, 6.07) is 25.5. The smallest absolute Gasteiger partial charge is 0.137 e. The van der Waals surface area contributed by atoms with Gasteiger partial charge in [0, 0.05) is 6.54 Å². The second-order valence-electron chi connectivity index (χ2n) is 6.89. The zero-order valence-electron chi connectivity index (χ0n) is 17.4. The molecule has 3 aromatic carbocycles. The van der Waals surface area contributed by atoms with E-state index >= 15 is 0 Å². The predicted octanol–water partition coefficient (Wildman–Crippen LogP) is 5.23. The van der Waals surface area contributed by atoms with Crippen LogP contribution >= 0.6 is 0 Å². The first-order valence-corrected chi connectivity index (χ1v) is 10.1. The summed E-state index contributed by atoms with van der Waals surface area (Å²) in [5.74, 6) is 0.807. The van der Waals surface area contributed by atoms with Gasteiger partial charge in [-0.15, -0.1) is 0 Å². The molecule has 4 heteroatoms. The van der Waals surface area contributed by atoms with Gasteiger partial charge in [-0.2, -0.15) is 5.26 Å². The summed E-state index contributed by atoms with van der Waals surface area (Å²) >= 11 is 0. The van der Waals surface area contributed by atoms with Crippen molar-refractivity contribution in [2.45, 2.75) is 13.3 Å². The molecule has 152 valence electrons. The van der Waals surface area contributed by atoms with Crippen LogP contribution in [-0.2, 0) is 0 Å². The molecule has 3 aromatic rings. The van der Waals surface area contributed by atoms with Crippen LogP contribution in [0, 0.1) is 11.3 Å². The Morgan fingerprint density at radius 2 is 1.67 bits per heavy atom. The predicted molar refractivity (Wildman–Crippen MR) is 121 cm³/mol. The van der Waals surface area contributed by atoms with Gasteiger partial charge in [0.1, 0.15) is 24.2 Å². The zero-order chi connectivity index (χ0) is 21.3. The van der Waals surface area contributed by atoms with Gasteiger partial charge in [0.15, 0.2) is 0 Å². The van der Waals surface area contributed by atoms with Crippen molar-refractivity contribution in [2.75, 3.05) is 20.2 Å². The number of aromatic hydroxyl groups is 1. The molecule has 0 saturated heterocycles. The lowest BCUT2D eigenvalue weighted by Gasteiger charge is -2.17. The highest BCUT2D eigenvalue weighted by Gasteiger charge is 2.15. The number of nitriles is 1. The van der Waals surface area contributed by atoms with Gasteiger partial charge >= 0.3 is 0 Å². The molecule has 2 N–H and O–H groups in total. The number of hydrogen-bond donors (Lipinski definition) is 2. The summed E-state index contributed by atoms with van der Waals surface area (Å²) in [6.45, 7) is 3.33. The lowest BCUT2D eigenvalue weighted by atomic mass is 9.87. The van der Waals surface area contributed by atoms with E-state index in [1.54, 1.807) is 12.1 Å². The normalized spacial score (nSPS) is 11.5. The highest BCUT2D eigenvalue weighted by molar-refractivity contribution is 5.98. The van der Waals surface area contributed by atoms with Crippen LogP contribution in [0.5, 0.6) is 11.5 Å². The van der Waals surface area contributed by atoms with Crippen molar-refractivity contribution in [3.05, 3.63) is 95.1 Å². The van der Waals surface area contributed by atoms with Crippen LogP contribution in [0.4, 0.5) is 0 Å². The number of benzene rings is 3. The first-order chi connectivity index (χ1) is 14.7. The summed E-state index contributed by atoms with van der Waals surface area (Å²) in [6.07, 6.45) is 0.822. The number of allylic oxidation sites excluding steroid dienone is 1. The van der Waals surface area contributed by atoms with Crippen LogP contribution in [-0.4, -0.2) is 25.3 Å². The number of phenolic OH excluding ortho intramolecular Hbond substituents is 1. The molecule has 0 amide bonds. The Morgan fingerprint density at radius 3 is 2.30 bits per heavy atom. The number of nitrogens with zero attached hydrogens (tertiary/aromatic N) is 1. The number of phenols is 1. The Morgan fingerprint density at radius 1 is 0.967 bits per heavy atom. The van der Waals surface area contributed by atoms with Crippen LogP contribution in [0.2, 0.25) is 0 Å². The van der Waals surface area contributed by atoms with Crippen LogP contribution < -0.4 is 10.1 Å². The number of likely N-dealkylation sites (N-methyl/N-ethyl adjacent to an activating group) is 1. The molecule has 0 saturated carbocycles. The molecule has 0 fully saturated rings. The lowest BCUT2D eigenvalue weighted by molar-refractivity contribution is 0.317. The Bertz CT molecular complexity index is 1050. The molecule has 0 unspecified atom stereocenters. The largest absolute Gasteiger partial charge is 0.508 e. The van der Waals surface area contributed by atoms with Gasteiger partial charge in [0.25, 0.3) is 0 Å². The monoisotopic (exact) mass is 398 g/mol. The van der Waals surface area contributed by atoms with Crippen molar-refractivity contribution in [2.24, 2.45) is 0 Å². The van der Waals surface area contributed by atoms with E-state index in [4.69, 9.17) is 4.74 Å². The fourth-order valence-electron chi connectivity index (χ4n) is 3.47. The van der Waals surface area contributed by atoms with E-state index in [0.29, 0.717) is 24.5 Å². The molecule has 0 aliphatic heterocycles. The standard InChI is InChI=1S/C26H26N2O2/c1-3-24(19-7-5-4-6-8-19)26(20-9-12-23(29)13-10-20)21-11-14-25(22(17-21)18-27)30-16-15-28-2/h4-14,17,28-29H,3,15-16H2,1-2H3. The third kappa shape index (κ3) is 4.89. The molecular formula is C26H26N2O2. The van der Waals surface area contributed by atoms with E-state index < -0.39 is 0 Å². The van der Waals surface area contributed by atoms with Gasteiger partial charge in [-0.25, -0.2) is 0 Å². The van der Waals surface area contributed by atoms with Gasteiger partial charge in [0.05, 0.1) is 5.56 Å². The average molecular weight is 399 g/mol. The van der Waals surface area contributed by atoms with Crippen molar-refractivity contribution >= 4 is 11.1 Å². The van der Waals surface area contributed by atoms with Crippen molar-refractivity contribution < 1.29 is 9.84 Å². The molecule has 30 heavy (non-hydrogen) atoms. The van der Waals surface area contributed by atoms with Gasteiger partial charge < -0.3 is 15.2 Å². The van der Waals surface area contributed by atoms with Crippen LogP contribution in [0.3, 0.4) is 0 Å². The second kappa shape index (κ2) is 10.3. The molecule has 0 bridgehead atoms. The summed E-state index contributed by atoms with van der Waals surface area (Å²) in [5, 5.41) is 22.5. The maximum Gasteiger partial charge on any atom is 0.137 e. The van der Waals surface area contributed by atoms with Crippen LogP contribution in [0.15, 0.2) is 72.8 Å². The lowest BCUT2D eigenvalue weighted by Crippen LogP contribution is -2.16. The average Bonchev–Trinajstić information content (AvgIpc) is 2.79. The second-order valence-corrected chi connectivity index (χ2v) is 6.89. The molecule has 0 radical (unpaired) electrons. The summed E-state index contributed by atoms with van der Waals surface area (Å²) in [4.78, 5) is 0. The van der Waals surface area contributed by atoms with Crippen molar-refractivity contribution in [1.29, 1.82) is 5.26 Å². The highest BCUT2D eigenvalue weighted by Crippen LogP contribution is 2.36. The van der Waals surface area contributed by atoms with Crippen LogP contribution in [0.25, 0.3) is 11.1 Å². The maximum atomic E-state index is 9.76. The molecule has 3 rings (SSSR count). The summed E-state index contributed by atoms with van der Waals surface area (Å²) in [5.41, 5.74) is 5.79. The van der Waals surface area contributed by atoms with E-state index in [1.807, 2.05) is 55.6 Å². The minimum atomic E-state index is 0.224. The maximum absolute atomic E-state index is 9.76. The molecule has 0 aromatic heterocycles. The van der Waals surface area contributed by atoms with Gasteiger partial charge in [-0.1, -0.05) is 55.5 Å². The van der Waals surface area contributed by atoms with E-state index in [2.05, 4.69) is 30.4 Å². The molecule has 0 spiro atoms. The molecule has 4 nitrogen and oxygen atoms in total. The topological polar surface area (TPSA) is 65.3 Å². The minimum absolute atomic E-state index is 0.224. The van der Waals surface area contributed by atoms with Gasteiger partial charge in [0.2, 0.25) is 0 Å². The fourth-order valence-corrected chi connectivity index (χ4v) is 3.47. The zero-order valence-corrected chi connectivity index (χ0v) is 17.4. The van der Waals surface area contributed by atoms with Crippen LogP contribution in [0.1, 0.15) is 35.6 Å². The quantitative estimate of drug-likeness (QED) is 0.403. The SMILES string of the molecule is CCC(=C(c1ccc(O)cc1)c1ccc(OCCNC)c(C#N)c1)c1ccccc1. The molecular weight excluding hydrogens is 372 g/mol. The number of rotatable bonds is 8. The molecule has 0 atom stereocenters. The first-order valence-electron chi connectivity index (χ1n) is 10.1. The van der Waals surface area contributed by atoms with Crippen molar-refractivity contribution in [3.63, 3.8) is 0 Å². The number of hydrogen-bond acceptors (Lipinski definition) is 4. The number of nitrogens with one attached hydrogen (secondary N) is 1. The molecule has 0 aliphatic carbocycles. The first kappa shape index (κ1) is 21.2. The third-order valence-electron chi connectivity index (χ3n) is 4.93. The van der Waals surface area contributed by atoms with E-state index in [1.165, 1.54) is 5.57 Å². The Kier molecular flexibility index (Phi) is 7.26. The fraction of sp³-hybridized carbons (Fsp3) is 0.192. The van der Waals surface area contributed by atoms with E-state index in [0.717, 1.165) is 28.7 Å². The summed E-state index contributed by atoms with van der Waals surface area (Å²) in [7, 11) is 1.86. The Balaban J connectivity index is 2.17. The minimum Gasteiger partial charge on any atom is -0.508 e. The number of ether oxygens (including phenoxy) is 1. The van der Waals surface area contributed by atoms with E-state index in [9.17, 15) is 10.4 Å². The highest BCUT2D eigenvalue weighted by atomic mass is 16.5. The molecule has 0 aliphatic rings. The molecule has 0 heterocycles. The van der Waals surface area contributed by atoms with Crippen molar-refractivity contribution in [3.8, 4) is 17.6 Å². The third-order valence-corrected chi connectivity index (χ3v) is 4.93. The van der Waals surface area contributed by atoms with Gasteiger partial charge in [-0.3, -0.25) is 0 Å². The van der Waals surface area contributed by atoms with Gasteiger partial charge in [-0.05, 0) is 65.6 Å².